The Morgan fingerprint density at radius 1 is 1.38 bits per heavy atom. The Kier molecular flexibility index (Phi) is 3.83. The van der Waals surface area contributed by atoms with Crippen molar-refractivity contribution in [2.24, 2.45) is 11.7 Å². The molecule has 2 atom stereocenters. The molecule has 2 rings (SSSR count). The number of nitrogens with two attached hydrogens (primary N) is 1. The van der Waals surface area contributed by atoms with Crippen LogP contribution in [-0.2, 0) is 6.42 Å². The Morgan fingerprint density at radius 3 is 3.00 bits per heavy atom. The molecule has 2 nitrogen and oxygen atoms in total. The molecule has 16 heavy (non-hydrogen) atoms. The highest BCUT2D eigenvalue weighted by atomic mass is 16.5. The molecule has 0 heterocycles. The maximum absolute atomic E-state index is 6.01. The van der Waals surface area contributed by atoms with Crippen LogP contribution in [0.15, 0.2) is 24.3 Å². The van der Waals surface area contributed by atoms with Gasteiger partial charge in [0.25, 0.3) is 0 Å². The molecule has 1 aromatic carbocycles. The van der Waals surface area contributed by atoms with Crippen LogP contribution in [0.2, 0.25) is 0 Å². The van der Waals surface area contributed by atoms with Crippen molar-refractivity contribution in [3.8, 4) is 5.75 Å². The van der Waals surface area contributed by atoms with Crippen LogP contribution in [-0.4, -0.2) is 13.2 Å². The second-order valence-electron chi connectivity index (χ2n) is 4.85. The zero-order chi connectivity index (χ0) is 11.4. The monoisotopic (exact) mass is 219 g/mol. The molecule has 0 radical (unpaired) electrons. The molecule has 1 aliphatic carbocycles. The smallest absolute Gasteiger partial charge is 0.119 e. The van der Waals surface area contributed by atoms with Crippen LogP contribution in [0.4, 0.5) is 0 Å². The maximum atomic E-state index is 6.01. The topological polar surface area (TPSA) is 35.2 Å². The van der Waals surface area contributed by atoms with Crippen molar-refractivity contribution in [3.63, 3.8) is 0 Å². The average Bonchev–Trinajstić information content (AvgIpc) is 2.29. The lowest BCUT2D eigenvalue weighted by molar-refractivity contribution is 0.320. The zero-order valence-electron chi connectivity index (χ0n) is 9.99. The van der Waals surface area contributed by atoms with E-state index in [0.29, 0.717) is 6.04 Å². The van der Waals surface area contributed by atoms with E-state index in [2.05, 4.69) is 18.2 Å². The van der Waals surface area contributed by atoms with Gasteiger partial charge in [0.05, 0.1) is 7.11 Å². The van der Waals surface area contributed by atoms with Crippen LogP contribution < -0.4 is 10.5 Å². The van der Waals surface area contributed by atoms with Crippen molar-refractivity contribution in [1.29, 1.82) is 0 Å². The van der Waals surface area contributed by atoms with E-state index in [0.717, 1.165) is 18.1 Å². The van der Waals surface area contributed by atoms with Gasteiger partial charge in [-0.05, 0) is 42.9 Å². The van der Waals surface area contributed by atoms with Gasteiger partial charge in [-0.25, -0.2) is 0 Å². The summed E-state index contributed by atoms with van der Waals surface area (Å²) >= 11 is 0. The van der Waals surface area contributed by atoms with E-state index >= 15 is 0 Å². The van der Waals surface area contributed by atoms with E-state index < -0.39 is 0 Å². The Labute approximate surface area is 97.8 Å². The fraction of sp³-hybridized carbons (Fsp3) is 0.571. The lowest BCUT2D eigenvalue weighted by Gasteiger charge is -2.26. The van der Waals surface area contributed by atoms with Gasteiger partial charge >= 0.3 is 0 Å². The number of rotatable bonds is 3. The van der Waals surface area contributed by atoms with Crippen LogP contribution in [0.5, 0.6) is 5.75 Å². The van der Waals surface area contributed by atoms with Gasteiger partial charge in [0, 0.05) is 6.04 Å². The Bertz CT molecular complexity index is 337. The number of benzene rings is 1. The molecule has 88 valence electrons. The third-order valence-electron chi connectivity index (χ3n) is 3.48. The largest absolute Gasteiger partial charge is 0.497 e. The number of hydrogen-bond acceptors (Lipinski definition) is 2. The summed E-state index contributed by atoms with van der Waals surface area (Å²) < 4.78 is 5.24. The van der Waals surface area contributed by atoms with Gasteiger partial charge in [0.1, 0.15) is 5.75 Å². The first kappa shape index (κ1) is 11.5. The molecule has 0 spiro atoms. The highest BCUT2D eigenvalue weighted by Crippen LogP contribution is 2.27. The molecular formula is C14H21NO. The predicted octanol–water partition coefficient (Wildman–Crippen LogP) is 2.76. The summed E-state index contributed by atoms with van der Waals surface area (Å²) in [6.45, 7) is 0. The molecule has 0 saturated heterocycles. The normalized spacial score (nSPS) is 25.4. The van der Waals surface area contributed by atoms with E-state index in [1.807, 2.05) is 6.07 Å². The fourth-order valence-electron chi connectivity index (χ4n) is 2.65. The molecule has 1 aliphatic rings. The van der Waals surface area contributed by atoms with Crippen molar-refractivity contribution in [2.75, 3.05) is 7.11 Å². The van der Waals surface area contributed by atoms with Crippen LogP contribution in [0.1, 0.15) is 31.2 Å². The van der Waals surface area contributed by atoms with Crippen LogP contribution >= 0.6 is 0 Å². The second-order valence-corrected chi connectivity index (χ2v) is 4.85. The summed E-state index contributed by atoms with van der Waals surface area (Å²) in [7, 11) is 1.72. The molecule has 1 saturated carbocycles. The summed E-state index contributed by atoms with van der Waals surface area (Å²) in [4.78, 5) is 0. The number of hydrogen-bond donors (Lipinski definition) is 1. The molecule has 0 amide bonds. The van der Waals surface area contributed by atoms with Gasteiger partial charge in [-0.3, -0.25) is 0 Å². The number of ether oxygens (including phenoxy) is 1. The highest BCUT2D eigenvalue weighted by Gasteiger charge is 2.19. The summed E-state index contributed by atoms with van der Waals surface area (Å²) in [6.07, 6.45) is 6.14. The molecule has 2 N–H and O–H groups in total. The predicted molar refractivity (Wildman–Crippen MR) is 66.6 cm³/mol. The van der Waals surface area contributed by atoms with Gasteiger partial charge < -0.3 is 10.5 Å². The first-order chi connectivity index (χ1) is 7.78. The minimum Gasteiger partial charge on any atom is -0.497 e. The molecule has 0 aromatic heterocycles. The lowest BCUT2D eigenvalue weighted by Crippen LogP contribution is -2.28. The van der Waals surface area contributed by atoms with Crippen molar-refractivity contribution in [3.05, 3.63) is 29.8 Å². The first-order valence-electron chi connectivity index (χ1n) is 6.16. The Hall–Kier alpha value is -1.02. The van der Waals surface area contributed by atoms with Gasteiger partial charge in [0.2, 0.25) is 0 Å². The minimum atomic E-state index is 0.421. The van der Waals surface area contributed by atoms with E-state index in [1.165, 1.54) is 31.2 Å². The highest BCUT2D eigenvalue weighted by molar-refractivity contribution is 5.28. The van der Waals surface area contributed by atoms with Crippen LogP contribution in [0.25, 0.3) is 0 Å². The van der Waals surface area contributed by atoms with E-state index in [4.69, 9.17) is 10.5 Å². The summed E-state index contributed by atoms with van der Waals surface area (Å²) in [5.74, 6) is 1.72. The first-order valence-corrected chi connectivity index (χ1v) is 6.16. The van der Waals surface area contributed by atoms with Crippen molar-refractivity contribution < 1.29 is 4.74 Å². The van der Waals surface area contributed by atoms with Crippen LogP contribution in [0.3, 0.4) is 0 Å². The molecule has 0 aliphatic heterocycles. The minimum absolute atomic E-state index is 0.421. The molecule has 1 aromatic rings. The lowest BCUT2D eigenvalue weighted by atomic mass is 9.82. The van der Waals surface area contributed by atoms with Crippen LogP contribution in [0, 0.1) is 5.92 Å². The summed E-state index contributed by atoms with van der Waals surface area (Å²) in [5, 5.41) is 0. The zero-order valence-corrected chi connectivity index (χ0v) is 9.99. The number of methoxy groups -OCH3 is 1. The Morgan fingerprint density at radius 2 is 2.25 bits per heavy atom. The maximum Gasteiger partial charge on any atom is 0.119 e. The fourth-order valence-corrected chi connectivity index (χ4v) is 2.65. The van der Waals surface area contributed by atoms with Gasteiger partial charge in [0.15, 0.2) is 0 Å². The molecule has 2 unspecified atom stereocenters. The van der Waals surface area contributed by atoms with Gasteiger partial charge in [-0.15, -0.1) is 0 Å². The molecule has 0 bridgehead atoms. The molecular weight excluding hydrogens is 198 g/mol. The van der Waals surface area contributed by atoms with Crippen molar-refractivity contribution >= 4 is 0 Å². The average molecular weight is 219 g/mol. The molecule has 1 fully saturated rings. The second kappa shape index (κ2) is 5.35. The van der Waals surface area contributed by atoms with E-state index in [1.54, 1.807) is 7.11 Å². The summed E-state index contributed by atoms with van der Waals surface area (Å²) in [5.41, 5.74) is 7.38. The SMILES string of the molecule is COc1cccc(CC2CCCC(N)C2)c1. The van der Waals surface area contributed by atoms with Gasteiger partial charge in [-0.2, -0.15) is 0 Å². The third-order valence-corrected chi connectivity index (χ3v) is 3.48. The van der Waals surface area contributed by atoms with E-state index in [9.17, 15) is 0 Å². The molecule has 2 heteroatoms. The quantitative estimate of drug-likeness (QED) is 0.848. The van der Waals surface area contributed by atoms with Gasteiger partial charge in [-0.1, -0.05) is 25.0 Å². The third kappa shape index (κ3) is 2.99. The van der Waals surface area contributed by atoms with Crippen molar-refractivity contribution in [1.82, 2.24) is 0 Å². The standard InChI is InChI=1S/C14H21NO/c1-16-14-7-3-5-12(10-14)8-11-4-2-6-13(15)9-11/h3,5,7,10-11,13H,2,4,6,8-9,15H2,1H3. The Balaban J connectivity index is 1.97. The van der Waals surface area contributed by atoms with Crippen molar-refractivity contribution in [2.45, 2.75) is 38.1 Å². The summed E-state index contributed by atoms with van der Waals surface area (Å²) in [6, 6.07) is 8.81. The van der Waals surface area contributed by atoms with E-state index in [-0.39, 0.29) is 0 Å².